The van der Waals surface area contributed by atoms with E-state index in [9.17, 15) is 0 Å². The Bertz CT molecular complexity index is 481. The third-order valence-electron chi connectivity index (χ3n) is 4.96. The minimum absolute atomic E-state index is 0.250. The highest BCUT2D eigenvalue weighted by Crippen LogP contribution is 2.24. The molecule has 1 rings (SSSR count). The molecule has 1 aromatic rings. The van der Waals surface area contributed by atoms with Crippen molar-refractivity contribution in [2.75, 3.05) is 13.2 Å². The second-order valence-electron chi connectivity index (χ2n) is 8.43. The second-order valence-corrected chi connectivity index (χ2v) is 8.43. The summed E-state index contributed by atoms with van der Waals surface area (Å²) in [5, 5.41) is 0. The average Bonchev–Trinajstić information content (AvgIpc) is 2.61. The smallest absolute Gasteiger partial charge is 0.0977 e. The van der Waals surface area contributed by atoms with Crippen LogP contribution in [-0.4, -0.2) is 24.4 Å². The predicted molar refractivity (Wildman–Crippen MR) is 106 cm³/mol. The summed E-state index contributed by atoms with van der Waals surface area (Å²) in [4.78, 5) is 22.0. The fraction of sp³-hybridized carbons (Fsp3) is 0.727. The van der Waals surface area contributed by atoms with E-state index in [2.05, 4.69) is 52.0 Å². The summed E-state index contributed by atoms with van der Waals surface area (Å²) in [6, 6.07) is 8.57. The van der Waals surface area contributed by atoms with Gasteiger partial charge >= 0.3 is 0 Å². The lowest BCUT2D eigenvalue weighted by molar-refractivity contribution is -0.355. The van der Waals surface area contributed by atoms with Crippen LogP contribution in [0.5, 0.6) is 0 Å². The predicted octanol–water partition coefficient (Wildman–Crippen LogP) is 6.17. The Labute approximate surface area is 160 Å². The van der Waals surface area contributed by atoms with Crippen LogP contribution in [0.1, 0.15) is 91.2 Å². The molecule has 0 heterocycles. The van der Waals surface area contributed by atoms with E-state index in [0.717, 1.165) is 12.8 Å². The lowest BCUT2D eigenvalue weighted by Gasteiger charge is -2.23. The lowest BCUT2D eigenvalue weighted by atomic mass is 9.95. The SMILES string of the molecule is CCC(C)(C)OOCC(C)c1cccc(C(C)COOC(C)(C)CC)c1. The van der Waals surface area contributed by atoms with Gasteiger partial charge in [0.05, 0.1) is 24.4 Å². The molecule has 150 valence electrons. The third-order valence-corrected chi connectivity index (χ3v) is 4.96. The van der Waals surface area contributed by atoms with Crippen LogP contribution in [0.4, 0.5) is 0 Å². The molecule has 0 bridgehead atoms. The Morgan fingerprint density at radius 2 is 1.15 bits per heavy atom. The first kappa shape index (κ1) is 23.1. The summed E-state index contributed by atoms with van der Waals surface area (Å²) in [7, 11) is 0. The van der Waals surface area contributed by atoms with E-state index in [-0.39, 0.29) is 23.0 Å². The molecular weight excluding hydrogens is 328 g/mol. The molecule has 0 fully saturated rings. The summed E-state index contributed by atoms with van der Waals surface area (Å²) < 4.78 is 0. The first-order chi connectivity index (χ1) is 12.1. The average molecular weight is 367 g/mol. The highest BCUT2D eigenvalue weighted by Gasteiger charge is 2.19. The lowest BCUT2D eigenvalue weighted by Crippen LogP contribution is -2.24. The van der Waals surface area contributed by atoms with Gasteiger partial charge in [0.2, 0.25) is 0 Å². The molecule has 0 aromatic heterocycles. The molecule has 0 aliphatic rings. The summed E-state index contributed by atoms with van der Waals surface area (Å²) in [5.74, 6) is 0.511. The number of rotatable bonds is 12. The maximum Gasteiger partial charge on any atom is 0.0977 e. The molecule has 4 nitrogen and oxygen atoms in total. The van der Waals surface area contributed by atoms with Gasteiger partial charge < -0.3 is 0 Å². The van der Waals surface area contributed by atoms with Crippen LogP contribution in [0.3, 0.4) is 0 Å². The molecule has 2 unspecified atom stereocenters. The Kier molecular flexibility index (Phi) is 9.25. The highest BCUT2D eigenvalue weighted by atomic mass is 17.2. The van der Waals surface area contributed by atoms with Crippen LogP contribution in [0, 0.1) is 0 Å². The van der Waals surface area contributed by atoms with Gasteiger partial charge in [-0.05, 0) is 51.7 Å². The molecule has 26 heavy (non-hydrogen) atoms. The summed E-state index contributed by atoms with van der Waals surface area (Å²) in [6.07, 6.45) is 1.82. The molecule has 0 aliphatic carbocycles. The van der Waals surface area contributed by atoms with Gasteiger partial charge in [-0.1, -0.05) is 52.0 Å². The van der Waals surface area contributed by atoms with Crippen molar-refractivity contribution in [3.05, 3.63) is 35.4 Å². The van der Waals surface area contributed by atoms with Crippen molar-refractivity contribution < 1.29 is 19.6 Å². The molecule has 0 radical (unpaired) electrons. The second kappa shape index (κ2) is 10.4. The van der Waals surface area contributed by atoms with Crippen molar-refractivity contribution in [1.82, 2.24) is 0 Å². The van der Waals surface area contributed by atoms with Crippen LogP contribution in [-0.2, 0) is 19.6 Å². The van der Waals surface area contributed by atoms with E-state index in [4.69, 9.17) is 19.6 Å². The van der Waals surface area contributed by atoms with E-state index in [0.29, 0.717) is 13.2 Å². The zero-order chi connectivity index (χ0) is 19.8. The molecule has 0 aliphatic heterocycles. The van der Waals surface area contributed by atoms with Gasteiger partial charge in [-0.25, -0.2) is 19.6 Å². The van der Waals surface area contributed by atoms with Gasteiger partial charge in [0.25, 0.3) is 0 Å². The van der Waals surface area contributed by atoms with Gasteiger partial charge in [0.15, 0.2) is 0 Å². The fourth-order valence-electron chi connectivity index (χ4n) is 2.07. The van der Waals surface area contributed by atoms with Crippen molar-refractivity contribution in [1.29, 1.82) is 0 Å². The molecule has 0 amide bonds. The third kappa shape index (κ3) is 8.17. The van der Waals surface area contributed by atoms with E-state index in [1.165, 1.54) is 11.1 Å². The fourth-order valence-corrected chi connectivity index (χ4v) is 2.07. The van der Waals surface area contributed by atoms with Gasteiger partial charge in [-0.2, -0.15) is 0 Å². The Balaban J connectivity index is 2.55. The number of hydrogen-bond donors (Lipinski definition) is 0. The molecule has 2 atom stereocenters. The molecule has 0 saturated carbocycles. The van der Waals surface area contributed by atoms with Crippen LogP contribution in [0.15, 0.2) is 24.3 Å². The number of benzene rings is 1. The van der Waals surface area contributed by atoms with Crippen LogP contribution < -0.4 is 0 Å². The topological polar surface area (TPSA) is 36.9 Å². The molecular formula is C22H38O4. The van der Waals surface area contributed by atoms with E-state index in [1.54, 1.807) is 0 Å². The Morgan fingerprint density at radius 3 is 1.50 bits per heavy atom. The standard InChI is InChI=1S/C22H38O4/c1-9-21(5,6)25-23-15-17(3)19-12-11-13-20(14-19)18(4)16-24-26-22(7,8)10-2/h11-14,17-18H,9-10,15-16H2,1-8H3. The molecule has 1 aromatic carbocycles. The quantitative estimate of drug-likeness (QED) is 0.327. The normalized spacial score (nSPS) is 15.1. The summed E-state index contributed by atoms with van der Waals surface area (Å²) in [5.41, 5.74) is 1.98. The van der Waals surface area contributed by atoms with Gasteiger partial charge in [0.1, 0.15) is 0 Å². The monoisotopic (exact) mass is 366 g/mol. The first-order valence-corrected chi connectivity index (χ1v) is 9.81. The van der Waals surface area contributed by atoms with Crippen molar-refractivity contribution in [3.63, 3.8) is 0 Å². The highest BCUT2D eigenvalue weighted by molar-refractivity contribution is 5.28. The maximum absolute atomic E-state index is 5.51. The minimum atomic E-state index is -0.250. The van der Waals surface area contributed by atoms with E-state index >= 15 is 0 Å². The van der Waals surface area contributed by atoms with Gasteiger partial charge in [0, 0.05) is 11.8 Å². The summed E-state index contributed by atoms with van der Waals surface area (Å²) >= 11 is 0. The largest absolute Gasteiger partial charge is 0.236 e. The van der Waals surface area contributed by atoms with Crippen molar-refractivity contribution in [3.8, 4) is 0 Å². The molecule has 0 spiro atoms. The summed E-state index contributed by atoms with van der Waals surface area (Å²) in [6.45, 7) is 17.7. The van der Waals surface area contributed by atoms with Crippen molar-refractivity contribution in [2.45, 2.75) is 91.3 Å². The zero-order valence-corrected chi connectivity index (χ0v) is 17.9. The van der Waals surface area contributed by atoms with Crippen LogP contribution in [0.25, 0.3) is 0 Å². The zero-order valence-electron chi connectivity index (χ0n) is 17.9. The minimum Gasteiger partial charge on any atom is -0.236 e. The van der Waals surface area contributed by atoms with Crippen molar-refractivity contribution in [2.24, 2.45) is 0 Å². The Morgan fingerprint density at radius 1 is 0.769 bits per heavy atom. The van der Waals surface area contributed by atoms with Gasteiger partial charge in [-0.15, -0.1) is 0 Å². The van der Waals surface area contributed by atoms with Crippen LogP contribution in [0.2, 0.25) is 0 Å². The molecule has 4 heteroatoms. The van der Waals surface area contributed by atoms with Crippen LogP contribution >= 0.6 is 0 Å². The van der Waals surface area contributed by atoms with E-state index < -0.39 is 0 Å². The van der Waals surface area contributed by atoms with Crippen molar-refractivity contribution >= 4 is 0 Å². The Hall–Kier alpha value is -0.940. The molecule has 0 saturated heterocycles. The number of hydrogen-bond acceptors (Lipinski definition) is 4. The maximum atomic E-state index is 5.51. The van der Waals surface area contributed by atoms with Gasteiger partial charge in [-0.3, -0.25) is 0 Å². The first-order valence-electron chi connectivity index (χ1n) is 9.81. The molecule has 0 N–H and O–H groups in total. The van der Waals surface area contributed by atoms with E-state index in [1.807, 2.05) is 27.7 Å².